The Labute approximate surface area is 92.7 Å². The lowest BCUT2D eigenvalue weighted by molar-refractivity contribution is -0.159. The minimum Gasteiger partial charge on any atom is -0.455 e. The topological polar surface area (TPSA) is 26.3 Å². The normalized spacial score (nSPS) is 30.2. The van der Waals surface area contributed by atoms with Gasteiger partial charge in [-0.2, -0.15) is 0 Å². The van der Waals surface area contributed by atoms with Gasteiger partial charge in [-0.3, -0.25) is 0 Å². The summed E-state index contributed by atoms with van der Waals surface area (Å²) in [7, 11) is 0. The van der Waals surface area contributed by atoms with Crippen molar-refractivity contribution in [3.8, 4) is 0 Å². The molecule has 0 saturated heterocycles. The zero-order chi connectivity index (χ0) is 11.5. The van der Waals surface area contributed by atoms with Crippen LogP contribution < -0.4 is 0 Å². The van der Waals surface area contributed by atoms with Gasteiger partial charge in [0.1, 0.15) is 5.60 Å². The van der Waals surface area contributed by atoms with Crippen LogP contribution in [0, 0.1) is 5.92 Å². The molecule has 0 heterocycles. The standard InChI is InChI=1S/C13H22O2/c1-5-8-13(9-6-7-11(13)4)15-12(14)10(2)3/h11H,2,5-9H2,1,3-4H3. The minimum absolute atomic E-state index is 0.204. The predicted molar refractivity (Wildman–Crippen MR) is 61.6 cm³/mol. The molecule has 0 aromatic rings. The second-order valence-corrected chi connectivity index (χ2v) is 4.78. The number of ether oxygens (including phenoxy) is 1. The maximum Gasteiger partial charge on any atom is 0.333 e. The van der Waals surface area contributed by atoms with E-state index in [1.165, 1.54) is 12.8 Å². The highest BCUT2D eigenvalue weighted by Gasteiger charge is 2.42. The van der Waals surface area contributed by atoms with Gasteiger partial charge in [-0.25, -0.2) is 4.79 Å². The summed E-state index contributed by atoms with van der Waals surface area (Å²) in [4.78, 5) is 11.6. The second-order valence-electron chi connectivity index (χ2n) is 4.78. The molecule has 0 radical (unpaired) electrons. The molecule has 15 heavy (non-hydrogen) atoms. The van der Waals surface area contributed by atoms with Gasteiger partial charge >= 0.3 is 5.97 Å². The molecular formula is C13H22O2. The highest BCUT2D eigenvalue weighted by atomic mass is 16.6. The van der Waals surface area contributed by atoms with Crippen molar-refractivity contribution in [1.29, 1.82) is 0 Å². The fraction of sp³-hybridized carbons (Fsp3) is 0.769. The van der Waals surface area contributed by atoms with Crippen LogP contribution in [0.4, 0.5) is 0 Å². The van der Waals surface area contributed by atoms with Gasteiger partial charge in [0.25, 0.3) is 0 Å². The fourth-order valence-corrected chi connectivity index (χ4v) is 2.49. The lowest BCUT2D eigenvalue weighted by Crippen LogP contribution is -2.37. The van der Waals surface area contributed by atoms with E-state index < -0.39 is 0 Å². The smallest absolute Gasteiger partial charge is 0.333 e. The number of rotatable bonds is 4. The summed E-state index contributed by atoms with van der Waals surface area (Å²) in [6, 6.07) is 0. The van der Waals surface area contributed by atoms with Crippen LogP contribution in [0.1, 0.15) is 52.9 Å². The molecule has 0 bridgehead atoms. The van der Waals surface area contributed by atoms with Gasteiger partial charge in [0.05, 0.1) is 0 Å². The Morgan fingerprint density at radius 3 is 2.67 bits per heavy atom. The molecule has 1 rings (SSSR count). The monoisotopic (exact) mass is 210 g/mol. The molecule has 2 atom stereocenters. The molecule has 1 aliphatic rings. The summed E-state index contributed by atoms with van der Waals surface area (Å²) in [6.07, 6.45) is 5.40. The number of hydrogen-bond donors (Lipinski definition) is 0. The van der Waals surface area contributed by atoms with E-state index in [1.54, 1.807) is 6.92 Å². The van der Waals surface area contributed by atoms with Crippen molar-refractivity contribution in [2.24, 2.45) is 5.92 Å². The minimum atomic E-state index is -0.225. The van der Waals surface area contributed by atoms with E-state index in [2.05, 4.69) is 20.4 Å². The molecule has 0 N–H and O–H groups in total. The van der Waals surface area contributed by atoms with Crippen LogP contribution in [0.3, 0.4) is 0 Å². The second kappa shape index (κ2) is 4.82. The third-order valence-electron chi connectivity index (χ3n) is 3.45. The summed E-state index contributed by atoms with van der Waals surface area (Å²) >= 11 is 0. The zero-order valence-corrected chi connectivity index (χ0v) is 10.1. The van der Waals surface area contributed by atoms with Crippen LogP contribution in [0.2, 0.25) is 0 Å². The van der Waals surface area contributed by atoms with E-state index in [4.69, 9.17) is 4.74 Å². The fourth-order valence-electron chi connectivity index (χ4n) is 2.49. The average molecular weight is 210 g/mol. The number of hydrogen-bond acceptors (Lipinski definition) is 2. The Hall–Kier alpha value is -0.790. The molecule has 2 heteroatoms. The molecule has 0 aromatic heterocycles. The van der Waals surface area contributed by atoms with Gasteiger partial charge in [-0.15, -0.1) is 0 Å². The summed E-state index contributed by atoms with van der Waals surface area (Å²) in [6.45, 7) is 9.68. The maximum absolute atomic E-state index is 11.6. The predicted octanol–water partition coefficient (Wildman–Crippen LogP) is 3.46. The molecule has 0 aliphatic heterocycles. The van der Waals surface area contributed by atoms with Crippen molar-refractivity contribution in [3.05, 3.63) is 12.2 Å². The van der Waals surface area contributed by atoms with Crippen LogP contribution in [0.15, 0.2) is 12.2 Å². The largest absolute Gasteiger partial charge is 0.455 e. The quantitative estimate of drug-likeness (QED) is 0.524. The SMILES string of the molecule is C=C(C)C(=O)OC1(CCC)CCCC1C. The van der Waals surface area contributed by atoms with E-state index in [0.29, 0.717) is 11.5 Å². The zero-order valence-electron chi connectivity index (χ0n) is 10.1. The highest BCUT2D eigenvalue weighted by molar-refractivity contribution is 5.87. The Morgan fingerprint density at radius 2 is 2.27 bits per heavy atom. The number of carbonyl (C=O) groups is 1. The van der Waals surface area contributed by atoms with Crippen molar-refractivity contribution >= 4 is 5.97 Å². The van der Waals surface area contributed by atoms with E-state index in [0.717, 1.165) is 19.3 Å². The highest BCUT2D eigenvalue weighted by Crippen LogP contribution is 2.42. The van der Waals surface area contributed by atoms with Crippen LogP contribution in [0.5, 0.6) is 0 Å². The Morgan fingerprint density at radius 1 is 1.60 bits per heavy atom. The Balaban J connectivity index is 2.73. The van der Waals surface area contributed by atoms with Gasteiger partial charge in [0.2, 0.25) is 0 Å². The molecule has 86 valence electrons. The maximum atomic E-state index is 11.6. The van der Waals surface area contributed by atoms with Crippen LogP contribution in [-0.2, 0) is 9.53 Å². The van der Waals surface area contributed by atoms with E-state index in [9.17, 15) is 4.79 Å². The lowest BCUT2D eigenvalue weighted by Gasteiger charge is -2.33. The van der Waals surface area contributed by atoms with Crippen LogP contribution >= 0.6 is 0 Å². The molecule has 1 fully saturated rings. The third kappa shape index (κ3) is 2.61. The molecule has 1 saturated carbocycles. The van der Waals surface area contributed by atoms with Crippen LogP contribution in [0.25, 0.3) is 0 Å². The molecule has 1 aliphatic carbocycles. The number of carbonyl (C=O) groups excluding carboxylic acids is 1. The summed E-state index contributed by atoms with van der Waals surface area (Å²) < 4.78 is 5.67. The third-order valence-corrected chi connectivity index (χ3v) is 3.45. The van der Waals surface area contributed by atoms with E-state index in [1.807, 2.05) is 0 Å². The van der Waals surface area contributed by atoms with Crippen molar-refractivity contribution in [2.45, 2.75) is 58.5 Å². The van der Waals surface area contributed by atoms with E-state index >= 15 is 0 Å². The van der Waals surface area contributed by atoms with Gasteiger partial charge in [-0.1, -0.05) is 26.8 Å². The Bertz CT molecular complexity index is 257. The summed E-state index contributed by atoms with van der Waals surface area (Å²) in [5.74, 6) is 0.262. The molecular weight excluding hydrogens is 188 g/mol. The average Bonchev–Trinajstić information content (AvgIpc) is 2.48. The van der Waals surface area contributed by atoms with Gasteiger partial charge in [0, 0.05) is 5.57 Å². The van der Waals surface area contributed by atoms with Crippen molar-refractivity contribution in [1.82, 2.24) is 0 Å². The number of esters is 1. The van der Waals surface area contributed by atoms with Gasteiger partial charge < -0.3 is 4.74 Å². The van der Waals surface area contributed by atoms with Crippen molar-refractivity contribution in [3.63, 3.8) is 0 Å². The molecule has 0 spiro atoms. The Kier molecular flexibility index (Phi) is 3.95. The van der Waals surface area contributed by atoms with Gasteiger partial charge in [-0.05, 0) is 38.5 Å². The van der Waals surface area contributed by atoms with Crippen molar-refractivity contribution in [2.75, 3.05) is 0 Å². The lowest BCUT2D eigenvalue weighted by atomic mass is 9.87. The molecule has 2 unspecified atom stereocenters. The van der Waals surface area contributed by atoms with Crippen LogP contribution in [-0.4, -0.2) is 11.6 Å². The van der Waals surface area contributed by atoms with Gasteiger partial charge in [0.15, 0.2) is 0 Å². The molecule has 0 aromatic carbocycles. The summed E-state index contributed by atoms with van der Waals surface area (Å²) in [5.41, 5.74) is 0.301. The summed E-state index contributed by atoms with van der Waals surface area (Å²) in [5, 5.41) is 0. The van der Waals surface area contributed by atoms with E-state index in [-0.39, 0.29) is 11.6 Å². The first-order valence-corrected chi connectivity index (χ1v) is 5.90. The first kappa shape index (κ1) is 12.3. The van der Waals surface area contributed by atoms with Crippen molar-refractivity contribution < 1.29 is 9.53 Å². The molecule has 0 amide bonds. The molecule has 2 nitrogen and oxygen atoms in total. The first-order chi connectivity index (χ1) is 7.02. The first-order valence-electron chi connectivity index (χ1n) is 5.90.